The quantitative estimate of drug-likeness (QED) is 0.272. The van der Waals surface area contributed by atoms with Crippen LogP contribution in [0.2, 0.25) is 0 Å². The fourth-order valence-corrected chi connectivity index (χ4v) is 4.75. The number of nitrogens with zero attached hydrogens (tertiary/aromatic N) is 3. The van der Waals surface area contributed by atoms with Gasteiger partial charge < -0.3 is 4.42 Å². The summed E-state index contributed by atoms with van der Waals surface area (Å²) < 4.78 is 8.50. The summed E-state index contributed by atoms with van der Waals surface area (Å²) in [4.78, 5) is 4.88. The van der Waals surface area contributed by atoms with Crippen LogP contribution in [0.25, 0.3) is 55.7 Å². The lowest BCUT2D eigenvalue weighted by molar-refractivity contribution is -0.660. The topological polar surface area (TPSA) is 53.7 Å². The van der Waals surface area contributed by atoms with Crippen molar-refractivity contribution in [1.29, 1.82) is 5.26 Å². The van der Waals surface area contributed by atoms with E-state index in [9.17, 15) is 5.26 Å². The molecule has 0 bridgehead atoms. The van der Waals surface area contributed by atoms with Gasteiger partial charge in [0.25, 0.3) is 0 Å². The first kappa shape index (κ1) is 20.8. The van der Waals surface area contributed by atoms with Crippen molar-refractivity contribution in [3.8, 4) is 39.7 Å². The van der Waals surface area contributed by atoms with Gasteiger partial charge in [0.05, 0.1) is 16.8 Å². The molecule has 0 unspecified atom stereocenters. The predicted molar refractivity (Wildman–Crippen MR) is 138 cm³/mol. The zero-order chi connectivity index (χ0) is 23.9. The number of hydrogen-bond acceptors (Lipinski definition) is 3. The average Bonchev–Trinajstić information content (AvgIpc) is 3.26. The Bertz CT molecular complexity index is 1780. The van der Waals surface area contributed by atoms with E-state index < -0.39 is 0 Å². The maximum atomic E-state index is 10.0. The van der Waals surface area contributed by atoms with Crippen LogP contribution in [0.1, 0.15) is 11.1 Å². The highest BCUT2D eigenvalue weighted by molar-refractivity contribution is 6.09. The molecule has 0 N–H and O–H groups in total. The van der Waals surface area contributed by atoms with Crippen LogP contribution < -0.4 is 4.57 Å². The minimum atomic E-state index is 0.526. The van der Waals surface area contributed by atoms with E-state index in [1.54, 1.807) is 0 Å². The van der Waals surface area contributed by atoms with Crippen LogP contribution in [-0.4, -0.2) is 4.98 Å². The van der Waals surface area contributed by atoms with Crippen molar-refractivity contribution in [3.05, 3.63) is 108 Å². The maximum absolute atomic E-state index is 10.0. The molecule has 0 aliphatic heterocycles. The first-order valence-electron chi connectivity index (χ1n) is 11.5. The number of nitriles is 1. The largest absolute Gasteiger partial charge is 0.437 e. The highest BCUT2D eigenvalue weighted by Gasteiger charge is 2.22. The van der Waals surface area contributed by atoms with Gasteiger partial charge in [-0.25, -0.2) is 9.55 Å². The van der Waals surface area contributed by atoms with Crippen LogP contribution >= 0.6 is 0 Å². The van der Waals surface area contributed by atoms with Crippen molar-refractivity contribution in [1.82, 2.24) is 4.98 Å². The third-order valence-corrected chi connectivity index (χ3v) is 6.52. The van der Waals surface area contributed by atoms with Gasteiger partial charge in [-0.2, -0.15) is 5.26 Å². The summed E-state index contributed by atoms with van der Waals surface area (Å²) in [5, 5.41) is 11.8. The van der Waals surface area contributed by atoms with E-state index >= 15 is 0 Å². The van der Waals surface area contributed by atoms with Crippen LogP contribution in [0.5, 0.6) is 0 Å². The lowest BCUT2D eigenvalue weighted by Crippen LogP contribution is -2.30. The number of furan rings is 1. The molecule has 166 valence electrons. The Kier molecular flexibility index (Phi) is 4.90. The zero-order valence-corrected chi connectivity index (χ0v) is 19.5. The zero-order valence-electron chi connectivity index (χ0n) is 19.5. The normalized spacial score (nSPS) is 11.1. The van der Waals surface area contributed by atoms with E-state index in [1.165, 1.54) is 0 Å². The number of rotatable bonds is 3. The molecule has 0 saturated heterocycles. The highest BCUT2D eigenvalue weighted by atomic mass is 16.3. The van der Waals surface area contributed by atoms with Crippen molar-refractivity contribution >= 4 is 22.1 Å². The fraction of sp³-hybridized carbons (Fsp3) is 0.0645. The second-order valence-electron chi connectivity index (χ2n) is 8.73. The molecule has 4 nitrogen and oxygen atoms in total. The minimum Gasteiger partial charge on any atom is -0.437 e. The van der Waals surface area contributed by atoms with E-state index in [0.717, 1.165) is 49.9 Å². The Morgan fingerprint density at radius 2 is 1.57 bits per heavy atom. The number of fused-ring (bicyclic) bond motifs is 3. The molecular formula is C31H22N3O+. The molecule has 35 heavy (non-hydrogen) atoms. The van der Waals surface area contributed by atoms with E-state index in [4.69, 9.17) is 9.40 Å². The van der Waals surface area contributed by atoms with Gasteiger partial charge in [-0.15, -0.1) is 0 Å². The Hall–Kier alpha value is -4.75. The summed E-state index contributed by atoms with van der Waals surface area (Å²) in [6.07, 6.45) is 2.03. The Balaban J connectivity index is 1.59. The fourth-order valence-electron chi connectivity index (χ4n) is 4.75. The third-order valence-electron chi connectivity index (χ3n) is 6.52. The molecule has 0 aliphatic rings. The van der Waals surface area contributed by atoms with Gasteiger partial charge in [-0.3, -0.25) is 0 Å². The maximum Gasteiger partial charge on any atom is 0.227 e. The molecule has 0 spiro atoms. The van der Waals surface area contributed by atoms with Crippen molar-refractivity contribution in [2.24, 2.45) is 7.05 Å². The van der Waals surface area contributed by atoms with Gasteiger partial charge in [0, 0.05) is 28.5 Å². The van der Waals surface area contributed by atoms with Gasteiger partial charge in [0.15, 0.2) is 11.8 Å². The van der Waals surface area contributed by atoms with Crippen LogP contribution in [0.15, 0.2) is 102 Å². The van der Waals surface area contributed by atoms with Crippen molar-refractivity contribution in [2.75, 3.05) is 0 Å². The van der Waals surface area contributed by atoms with Gasteiger partial charge >= 0.3 is 0 Å². The summed E-state index contributed by atoms with van der Waals surface area (Å²) in [5.41, 5.74) is 8.77. The smallest absolute Gasteiger partial charge is 0.227 e. The number of aryl methyl sites for hydroxylation is 2. The molecule has 3 heterocycles. The summed E-state index contributed by atoms with van der Waals surface area (Å²) in [5.74, 6) is 0. The molecule has 6 rings (SSSR count). The minimum absolute atomic E-state index is 0.526. The van der Waals surface area contributed by atoms with E-state index in [1.807, 2.05) is 61.8 Å². The monoisotopic (exact) mass is 452 g/mol. The van der Waals surface area contributed by atoms with E-state index in [0.29, 0.717) is 17.0 Å². The first-order valence-corrected chi connectivity index (χ1v) is 11.5. The average molecular weight is 453 g/mol. The van der Waals surface area contributed by atoms with Crippen LogP contribution in [0.3, 0.4) is 0 Å². The number of benzene rings is 3. The molecule has 0 amide bonds. The molecular weight excluding hydrogens is 430 g/mol. The molecule has 3 aromatic carbocycles. The highest BCUT2D eigenvalue weighted by Crippen LogP contribution is 2.38. The Labute approximate surface area is 203 Å². The second kappa shape index (κ2) is 8.23. The van der Waals surface area contributed by atoms with Crippen molar-refractivity contribution < 1.29 is 8.98 Å². The summed E-state index contributed by atoms with van der Waals surface area (Å²) in [7, 11) is 2.03. The van der Waals surface area contributed by atoms with Crippen molar-refractivity contribution in [3.63, 3.8) is 0 Å². The van der Waals surface area contributed by atoms with Crippen molar-refractivity contribution in [2.45, 2.75) is 6.92 Å². The molecule has 3 aromatic heterocycles. The van der Waals surface area contributed by atoms with E-state index in [2.05, 4.69) is 60.0 Å². The molecule has 0 aliphatic carbocycles. The summed E-state index contributed by atoms with van der Waals surface area (Å²) in [6.45, 7) is 2.09. The summed E-state index contributed by atoms with van der Waals surface area (Å²) in [6, 6.07) is 32.9. The first-order chi connectivity index (χ1) is 17.1. The second-order valence-corrected chi connectivity index (χ2v) is 8.73. The van der Waals surface area contributed by atoms with Gasteiger partial charge in [-0.05, 0) is 41.8 Å². The van der Waals surface area contributed by atoms with Crippen LogP contribution in [0.4, 0.5) is 0 Å². The molecule has 0 atom stereocenters. The molecule has 6 aromatic rings. The third kappa shape index (κ3) is 3.46. The van der Waals surface area contributed by atoms with Crippen LogP contribution in [0, 0.1) is 18.3 Å². The Morgan fingerprint density at radius 1 is 0.800 bits per heavy atom. The van der Waals surface area contributed by atoms with E-state index in [-0.39, 0.29) is 0 Å². The number of pyridine rings is 2. The molecule has 0 fully saturated rings. The lowest BCUT2D eigenvalue weighted by Gasteiger charge is -2.07. The predicted octanol–water partition coefficient (Wildman–Crippen LogP) is 6.99. The molecule has 0 radical (unpaired) electrons. The van der Waals surface area contributed by atoms with Gasteiger partial charge in [0.1, 0.15) is 13.1 Å². The van der Waals surface area contributed by atoms with Gasteiger partial charge in [-0.1, -0.05) is 60.7 Å². The van der Waals surface area contributed by atoms with Gasteiger partial charge in [0.2, 0.25) is 11.4 Å². The molecule has 0 saturated carbocycles. The Morgan fingerprint density at radius 3 is 2.37 bits per heavy atom. The summed E-state index contributed by atoms with van der Waals surface area (Å²) >= 11 is 0. The number of hydrogen-bond donors (Lipinski definition) is 0. The SMILES string of the molecule is Cc1ccc2c(oc3nc(-c4cccc(-c5ccccc5)c4)c(C#N)cc32)c1-c1cccc[n+]1C. The molecule has 4 heteroatoms. The number of aromatic nitrogens is 2. The standard InChI is InChI=1S/C31H22N3O/c1-20-14-15-25-26-18-24(19-32)29(23-12-8-11-22(17-23)21-9-4-3-5-10-21)33-31(26)35-30(25)28(20)27-13-6-7-16-34(27)2/h3-18H,1-2H3/q+1. The lowest BCUT2D eigenvalue weighted by atomic mass is 9.98. The van der Waals surface area contributed by atoms with Crippen LogP contribution in [-0.2, 0) is 7.05 Å².